The molecule has 0 aromatic heterocycles. The quantitative estimate of drug-likeness (QED) is 0.672. The first-order chi connectivity index (χ1) is 6.82. The lowest BCUT2D eigenvalue weighted by Gasteiger charge is -2.24. The van der Waals surface area contributed by atoms with E-state index in [4.69, 9.17) is 0 Å². The largest absolute Gasteiger partial charge is 0.344 e. The molecular weight excluding hydrogens is 188 g/mol. The van der Waals surface area contributed by atoms with Crippen molar-refractivity contribution in [1.29, 1.82) is 0 Å². The maximum Gasteiger partial charge on any atom is 0.236 e. The van der Waals surface area contributed by atoms with E-state index >= 15 is 0 Å². The molecule has 90 valence electrons. The Bertz CT molecular complexity index is 190. The van der Waals surface area contributed by atoms with Crippen LogP contribution in [0.2, 0.25) is 0 Å². The highest BCUT2D eigenvalue weighted by Crippen LogP contribution is 1.99. The molecular formula is C12H26N2O. The van der Waals surface area contributed by atoms with Gasteiger partial charge in [0.05, 0.1) is 6.54 Å². The summed E-state index contributed by atoms with van der Waals surface area (Å²) < 4.78 is 0. The molecule has 3 nitrogen and oxygen atoms in total. The molecule has 0 aliphatic rings. The maximum absolute atomic E-state index is 11.8. The van der Waals surface area contributed by atoms with Crippen LogP contribution in [0.3, 0.4) is 0 Å². The topological polar surface area (TPSA) is 23.6 Å². The zero-order valence-corrected chi connectivity index (χ0v) is 11.1. The molecule has 15 heavy (non-hydrogen) atoms. The molecule has 0 spiro atoms. The summed E-state index contributed by atoms with van der Waals surface area (Å²) in [7, 11) is 3.88. The van der Waals surface area contributed by atoms with Gasteiger partial charge in [0.25, 0.3) is 0 Å². The number of hydrogen-bond acceptors (Lipinski definition) is 2. The second kappa shape index (κ2) is 6.83. The highest BCUT2D eigenvalue weighted by atomic mass is 16.2. The minimum atomic E-state index is 0.215. The molecule has 0 rings (SSSR count). The molecule has 0 aliphatic carbocycles. The molecule has 0 saturated carbocycles. The third kappa shape index (κ3) is 7.37. The number of carbonyl (C=O) groups excluding carboxylic acids is 1. The van der Waals surface area contributed by atoms with Gasteiger partial charge in [-0.1, -0.05) is 27.7 Å². The van der Waals surface area contributed by atoms with E-state index in [0.717, 1.165) is 13.1 Å². The van der Waals surface area contributed by atoms with Gasteiger partial charge in [-0.05, 0) is 18.9 Å². The Labute approximate surface area is 94.4 Å². The van der Waals surface area contributed by atoms with E-state index in [1.54, 1.807) is 0 Å². The first-order valence-electron chi connectivity index (χ1n) is 5.75. The summed E-state index contributed by atoms with van der Waals surface area (Å²) in [6, 6.07) is 0. The molecule has 0 heterocycles. The molecule has 0 saturated heterocycles. The van der Waals surface area contributed by atoms with Gasteiger partial charge in [-0.2, -0.15) is 0 Å². The van der Waals surface area contributed by atoms with E-state index in [1.807, 2.05) is 19.0 Å². The molecule has 0 atom stereocenters. The number of rotatable bonds is 6. The summed E-state index contributed by atoms with van der Waals surface area (Å²) in [6.07, 6.45) is 0. The fraction of sp³-hybridized carbons (Fsp3) is 0.917. The van der Waals surface area contributed by atoms with Crippen LogP contribution in [0.4, 0.5) is 0 Å². The van der Waals surface area contributed by atoms with Crippen LogP contribution in [0.1, 0.15) is 27.7 Å². The van der Waals surface area contributed by atoms with E-state index in [9.17, 15) is 4.79 Å². The van der Waals surface area contributed by atoms with E-state index in [0.29, 0.717) is 18.4 Å². The molecule has 0 fully saturated rings. The first kappa shape index (κ1) is 14.4. The van der Waals surface area contributed by atoms with Gasteiger partial charge in [-0.25, -0.2) is 0 Å². The van der Waals surface area contributed by atoms with Crippen LogP contribution in [0, 0.1) is 11.8 Å². The summed E-state index contributed by atoms with van der Waals surface area (Å²) in [4.78, 5) is 15.7. The maximum atomic E-state index is 11.8. The van der Waals surface area contributed by atoms with Crippen molar-refractivity contribution in [1.82, 2.24) is 9.80 Å². The smallest absolute Gasteiger partial charge is 0.236 e. The van der Waals surface area contributed by atoms with Crippen LogP contribution in [0.15, 0.2) is 0 Å². The average Bonchev–Trinajstić information content (AvgIpc) is 2.00. The van der Waals surface area contributed by atoms with E-state index < -0.39 is 0 Å². The zero-order valence-electron chi connectivity index (χ0n) is 11.1. The number of hydrogen-bond donors (Lipinski definition) is 0. The number of amides is 1. The van der Waals surface area contributed by atoms with Crippen molar-refractivity contribution in [2.45, 2.75) is 27.7 Å². The molecule has 0 bridgehead atoms. The highest BCUT2D eigenvalue weighted by Gasteiger charge is 2.13. The zero-order chi connectivity index (χ0) is 12.0. The van der Waals surface area contributed by atoms with Gasteiger partial charge >= 0.3 is 0 Å². The minimum Gasteiger partial charge on any atom is -0.344 e. The van der Waals surface area contributed by atoms with Crippen LogP contribution in [-0.2, 0) is 4.79 Å². The SMILES string of the molecule is CC(C)CN(C)CC(=O)N(C)CC(C)C. The van der Waals surface area contributed by atoms with E-state index in [2.05, 4.69) is 32.6 Å². The van der Waals surface area contributed by atoms with Crippen LogP contribution in [-0.4, -0.2) is 49.4 Å². The molecule has 0 N–H and O–H groups in total. The molecule has 1 amide bonds. The van der Waals surface area contributed by atoms with Gasteiger partial charge in [-0.15, -0.1) is 0 Å². The van der Waals surface area contributed by atoms with Crippen LogP contribution in [0.25, 0.3) is 0 Å². The second-order valence-electron chi connectivity index (χ2n) is 5.26. The Morgan fingerprint density at radius 2 is 1.47 bits per heavy atom. The minimum absolute atomic E-state index is 0.215. The normalized spacial score (nSPS) is 11.5. The van der Waals surface area contributed by atoms with Crippen molar-refractivity contribution < 1.29 is 4.79 Å². The molecule has 0 aliphatic heterocycles. The fourth-order valence-electron chi connectivity index (χ4n) is 1.69. The Kier molecular flexibility index (Phi) is 6.57. The van der Waals surface area contributed by atoms with Crippen LogP contribution in [0.5, 0.6) is 0 Å². The fourth-order valence-corrected chi connectivity index (χ4v) is 1.69. The van der Waals surface area contributed by atoms with E-state index in [-0.39, 0.29) is 5.91 Å². The lowest BCUT2D eigenvalue weighted by Crippen LogP contribution is -2.39. The van der Waals surface area contributed by atoms with Crippen molar-refractivity contribution >= 4 is 5.91 Å². The summed E-state index contributed by atoms with van der Waals surface area (Å²) in [6.45, 7) is 10.9. The Morgan fingerprint density at radius 3 is 1.87 bits per heavy atom. The number of carbonyl (C=O) groups is 1. The molecule has 0 radical (unpaired) electrons. The van der Waals surface area contributed by atoms with Gasteiger partial charge < -0.3 is 4.90 Å². The van der Waals surface area contributed by atoms with Crippen LogP contribution >= 0.6 is 0 Å². The summed E-state index contributed by atoms with van der Waals surface area (Å²) in [5.41, 5.74) is 0. The predicted molar refractivity (Wildman–Crippen MR) is 64.8 cm³/mol. The molecule has 0 unspecified atom stereocenters. The third-order valence-corrected chi connectivity index (χ3v) is 2.15. The summed E-state index contributed by atoms with van der Waals surface area (Å²) in [5, 5.41) is 0. The number of nitrogens with zero attached hydrogens (tertiary/aromatic N) is 2. The Balaban J connectivity index is 3.90. The van der Waals surface area contributed by atoms with Crippen molar-refractivity contribution in [3.8, 4) is 0 Å². The average molecular weight is 214 g/mol. The Morgan fingerprint density at radius 1 is 1.00 bits per heavy atom. The van der Waals surface area contributed by atoms with Crippen molar-refractivity contribution in [3.63, 3.8) is 0 Å². The predicted octanol–water partition coefficient (Wildman–Crippen LogP) is 1.69. The Hall–Kier alpha value is -0.570. The number of likely N-dealkylation sites (N-methyl/N-ethyl adjacent to an activating group) is 2. The standard InChI is InChI=1S/C12H26N2O/c1-10(2)7-13(5)9-12(15)14(6)8-11(3)4/h10-11H,7-9H2,1-6H3. The van der Waals surface area contributed by atoms with Gasteiger partial charge in [0.1, 0.15) is 0 Å². The second-order valence-corrected chi connectivity index (χ2v) is 5.26. The van der Waals surface area contributed by atoms with Crippen molar-refractivity contribution in [3.05, 3.63) is 0 Å². The summed E-state index contributed by atoms with van der Waals surface area (Å²) in [5.74, 6) is 1.36. The van der Waals surface area contributed by atoms with E-state index in [1.165, 1.54) is 0 Å². The van der Waals surface area contributed by atoms with Gasteiger partial charge in [0.15, 0.2) is 0 Å². The molecule has 3 heteroatoms. The van der Waals surface area contributed by atoms with Crippen molar-refractivity contribution in [2.24, 2.45) is 11.8 Å². The summed E-state index contributed by atoms with van der Waals surface area (Å²) >= 11 is 0. The van der Waals surface area contributed by atoms with Gasteiger partial charge in [0, 0.05) is 20.1 Å². The van der Waals surface area contributed by atoms with Gasteiger partial charge in [0.2, 0.25) is 5.91 Å². The lowest BCUT2D eigenvalue weighted by molar-refractivity contribution is -0.131. The highest BCUT2D eigenvalue weighted by molar-refractivity contribution is 5.77. The van der Waals surface area contributed by atoms with Crippen molar-refractivity contribution in [2.75, 3.05) is 33.7 Å². The van der Waals surface area contributed by atoms with Gasteiger partial charge in [-0.3, -0.25) is 9.69 Å². The first-order valence-corrected chi connectivity index (χ1v) is 5.75. The molecule has 0 aromatic carbocycles. The van der Waals surface area contributed by atoms with Crippen LogP contribution < -0.4 is 0 Å². The molecule has 0 aromatic rings. The lowest BCUT2D eigenvalue weighted by atomic mass is 10.2. The monoisotopic (exact) mass is 214 g/mol. The third-order valence-electron chi connectivity index (χ3n) is 2.15.